The quantitative estimate of drug-likeness (QED) is 0.190. The van der Waals surface area contributed by atoms with Crippen molar-refractivity contribution in [3.05, 3.63) is 158 Å². The Morgan fingerprint density at radius 1 is 0.380 bits per heavy atom. The average molecular weight is 635 g/mol. The van der Waals surface area contributed by atoms with Gasteiger partial charge in [0.25, 0.3) is 0 Å². The number of para-hydroxylation sites is 3. The lowest BCUT2D eigenvalue weighted by atomic mass is 10.0. The summed E-state index contributed by atoms with van der Waals surface area (Å²) >= 11 is 0. The fourth-order valence-corrected chi connectivity index (χ4v) is 8.75. The first-order valence-corrected chi connectivity index (χ1v) is 17.1. The second-order valence-corrected chi connectivity index (χ2v) is 13.3. The normalized spacial score (nSPS) is 12.4. The van der Waals surface area contributed by atoms with E-state index in [1.165, 1.54) is 70.5 Å². The molecule has 0 radical (unpaired) electrons. The molecule has 0 N–H and O–H groups in total. The number of fused-ring (bicyclic) bond motifs is 14. The number of nitrogens with zero attached hydrogens (tertiary/aromatic N) is 4. The average Bonchev–Trinajstić information content (AvgIpc) is 3.82. The molecule has 4 heteroatoms. The van der Waals surface area contributed by atoms with Crippen LogP contribution in [0.3, 0.4) is 0 Å². The molecule has 12 aromatic rings. The van der Waals surface area contributed by atoms with E-state index in [9.17, 15) is 0 Å². The van der Waals surface area contributed by atoms with E-state index < -0.39 is 0 Å². The van der Waals surface area contributed by atoms with Crippen molar-refractivity contribution in [1.82, 2.24) is 18.9 Å². The summed E-state index contributed by atoms with van der Waals surface area (Å²) in [6, 6.07) is 56.8. The van der Waals surface area contributed by atoms with Gasteiger partial charge in [-0.15, -0.1) is 0 Å². The summed E-state index contributed by atoms with van der Waals surface area (Å²) in [6.07, 6.45) is 0. The molecule has 230 valence electrons. The Morgan fingerprint density at radius 2 is 1.00 bits per heavy atom. The Morgan fingerprint density at radius 3 is 1.84 bits per heavy atom. The zero-order valence-corrected chi connectivity index (χ0v) is 26.8. The molecule has 0 aliphatic heterocycles. The monoisotopic (exact) mass is 634 g/mol. The van der Waals surface area contributed by atoms with E-state index in [4.69, 9.17) is 9.97 Å². The molecule has 0 fully saturated rings. The molecule has 4 nitrogen and oxygen atoms in total. The van der Waals surface area contributed by atoms with Crippen molar-refractivity contribution in [2.75, 3.05) is 0 Å². The molecule has 0 spiro atoms. The van der Waals surface area contributed by atoms with Crippen LogP contribution in [0.25, 0.3) is 110 Å². The third-order valence-electron chi connectivity index (χ3n) is 10.8. The molecule has 0 amide bonds. The van der Waals surface area contributed by atoms with Crippen molar-refractivity contribution in [1.29, 1.82) is 0 Å². The van der Waals surface area contributed by atoms with Gasteiger partial charge >= 0.3 is 0 Å². The Balaban J connectivity index is 1.34. The second-order valence-electron chi connectivity index (χ2n) is 13.3. The smallest absolute Gasteiger partial charge is 0.162 e. The molecular weight excluding hydrogens is 609 g/mol. The fourth-order valence-electron chi connectivity index (χ4n) is 8.75. The Bertz CT molecular complexity index is 3380. The lowest BCUT2D eigenvalue weighted by Gasteiger charge is -2.14. The predicted molar refractivity (Wildman–Crippen MR) is 209 cm³/mol. The highest BCUT2D eigenvalue weighted by Crippen LogP contribution is 2.48. The van der Waals surface area contributed by atoms with E-state index in [-0.39, 0.29) is 0 Å². The molecule has 4 aromatic heterocycles. The summed E-state index contributed by atoms with van der Waals surface area (Å²) in [5, 5.41) is 13.3. The summed E-state index contributed by atoms with van der Waals surface area (Å²) < 4.78 is 4.93. The molecule has 50 heavy (non-hydrogen) atoms. The maximum atomic E-state index is 5.53. The molecule has 4 heterocycles. The van der Waals surface area contributed by atoms with Crippen LogP contribution in [0.15, 0.2) is 158 Å². The highest BCUT2D eigenvalue weighted by molar-refractivity contribution is 6.36. The van der Waals surface area contributed by atoms with Crippen LogP contribution in [0, 0.1) is 0 Å². The molecular formula is C46H26N4. The highest BCUT2D eigenvalue weighted by atomic mass is 15.1. The highest BCUT2D eigenvalue weighted by Gasteiger charge is 2.26. The summed E-state index contributed by atoms with van der Waals surface area (Å²) in [5.41, 5.74) is 7.98. The number of benzene rings is 8. The first-order valence-electron chi connectivity index (χ1n) is 17.1. The van der Waals surface area contributed by atoms with E-state index >= 15 is 0 Å². The molecule has 0 saturated heterocycles. The van der Waals surface area contributed by atoms with Crippen LogP contribution in [-0.4, -0.2) is 18.9 Å². The topological polar surface area (TPSA) is 35.1 Å². The summed E-state index contributed by atoms with van der Waals surface area (Å²) in [5.74, 6) is 1.61. The van der Waals surface area contributed by atoms with Crippen LogP contribution in [0.4, 0.5) is 0 Å². The van der Waals surface area contributed by atoms with Gasteiger partial charge in [-0.3, -0.25) is 4.57 Å². The van der Waals surface area contributed by atoms with Gasteiger partial charge in [-0.25, -0.2) is 9.97 Å². The third-order valence-corrected chi connectivity index (χ3v) is 10.8. The maximum Gasteiger partial charge on any atom is 0.162 e. The molecule has 0 atom stereocenters. The van der Waals surface area contributed by atoms with E-state index in [2.05, 4.69) is 167 Å². The van der Waals surface area contributed by atoms with Crippen LogP contribution < -0.4 is 0 Å². The Kier molecular flexibility index (Phi) is 4.94. The summed E-state index contributed by atoms with van der Waals surface area (Å²) in [4.78, 5) is 10.7. The van der Waals surface area contributed by atoms with Crippen molar-refractivity contribution in [3.8, 4) is 17.2 Å². The van der Waals surface area contributed by atoms with Gasteiger partial charge in [0.1, 0.15) is 5.82 Å². The first-order chi connectivity index (χ1) is 24.8. The Hall–Kier alpha value is -6.78. The zero-order chi connectivity index (χ0) is 32.5. The second kappa shape index (κ2) is 9.43. The summed E-state index contributed by atoms with van der Waals surface area (Å²) in [7, 11) is 0. The minimum Gasteiger partial charge on any atom is -0.307 e. The lowest BCUT2D eigenvalue weighted by Crippen LogP contribution is -2.03. The van der Waals surface area contributed by atoms with Crippen molar-refractivity contribution in [2.45, 2.75) is 0 Å². The van der Waals surface area contributed by atoms with E-state index in [0.29, 0.717) is 0 Å². The van der Waals surface area contributed by atoms with Gasteiger partial charge in [0, 0.05) is 48.7 Å². The number of aromatic nitrogens is 4. The van der Waals surface area contributed by atoms with Gasteiger partial charge in [-0.1, -0.05) is 127 Å². The molecule has 0 aliphatic carbocycles. The SMILES string of the molecule is c1ccc2c(-c3nc(-n4c5ccccc5c5cc6c7ccccc7n7c8c9ccccc9ccc8c(c54)c67)c4ccccc4n3)cccc2c1. The standard InChI is InChI=1S/C46H26N4/c1-3-15-29-27(12-1)14-11-20-33(29)45-47-38-21-8-5-19-34(38)46(48-45)50-40-23-10-7-18-32(40)37-26-36-31-17-6-9-22-39(31)49-42-30-16-4-2-13-28(30)24-25-35(42)41(43(36)49)44(37)50/h1-26H. The molecule has 12 rings (SSSR count). The van der Waals surface area contributed by atoms with Crippen LogP contribution in [0.1, 0.15) is 0 Å². The van der Waals surface area contributed by atoms with Gasteiger partial charge in [0.05, 0.1) is 33.1 Å². The zero-order valence-electron chi connectivity index (χ0n) is 26.8. The van der Waals surface area contributed by atoms with Gasteiger partial charge in [0.2, 0.25) is 0 Å². The minimum absolute atomic E-state index is 0.722. The van der Waals surface area contributed by atoms with Gasteiger partial charge in [-0.2, -0.15) is 0 Å². The molecule has 8 aromatic carbocycles. The molecule has 0 saturated carbocycles. The van der Waals surface area contributed by atoms with Crippen molar-refractivity contribution in [2.24, 2.45) is 0 Å². The van der Waals surface area contributed by atoms with E-state index in [0.717, 1.165) is 39.0 Å². The van der Waals surface area contributed by atoms with Crippen LogP contribution in [0.5, 0.6) is 0 Å². The minimum atomic E-state index is 0.722. The third kappa shape index (κ3) is 3.25. The molecule has 0 unspecified atom stereocenters. The largest absolute Gasteiger partial charge is 0.307 e. The van der Waals surface area contributed by atoms with Gasteiger partial charge in [0.15, 0.2) is 5.82 Å². The number of hydrogen-bond donors (Lipinski definition) is 0. The predicted octanol–water partition coefficient (Wildman–Crippen LogP) is 11.9. The molecule has 0 aliphatic rings. The lowest BCUT2D eigenvalue weighted by molar-refractivity contribution is 1.08. The van der Waals surface area contributed by atoms with Crippen LogP contribution in [0.2, 0.25) is 0 Å². The van der Waals surface area contributed by atoms with Crippen LogP contribution in [-0.2, 0) is 0 Å². The molecule has 0 bridgehead atoms. The number of rotatable bonds is 2. The maximum absolute atomic E-state index is 5.53. The van der Waals surface area contributed by atoms with Gasteiger partial charge < -0.3 is 4.40 Å². The van der Waals surface area contributed by atoms with Gasteiger partial charge in [-0.05, 0) is 46.5 Å². The summed E-state index contributed by atoms with van der Waals surface area (Å²) in [6.45, 7) is 0. The first kappa shape index (κ1) is 26.2. The Labute approximate surface area is 285 Å². The van der Waals surface area contributed by atoms with Crippen molar-refractivity contribution < 1.29 is 0 Å². The number of hydrogen-bond acceptors (Lipinski definition) is 2. The van der Waals surface area contributed by atoms with E-state index in [1.54, 1.807) is 0 Å². The fraction of sp³-hybridized carbons (Fsp3) is 0. The van der Waals surface area contributed by atoms with Crippen molar-refractivity contribution >= 4 is 92.3 Å². The van der Waals surface area contributed by atoms with Crippen molar-refractivity contribution in [3.63, 3.8) is 0 Å². The van der Waals surface area contributed by atoms with Crippen LogP contribution >= 0.6 is 0 Å². The van der Waals surface area contributed by atoms with E-state index in [1.807, 2.05) is 0 Å².